The van der Waals surface area contributed by atoms with Crippen molar-refractivity contribution in [2.24, 2.45) is 5.41 Å². The SMILES string of the molecule is Cc1ccccc1[C@@H]1C[C@@H](C)N(C(=O)[C@]2(C)CCNC2)C1. The van der Waals surface area contributed by atoms with Crippen molar-refractivity contribution in [3.8, 4) is 0 Å². The molecule has 2 heterocycles. The van der Waals surface area contributed by atoms with Gasteiger partial charge in [-0.05, 0) is 51.3 Å². The van der Waals surface area contributed by atoms with Gasteiger partial charge in [0.25, 0.3) is 0 Å². The second-order valence-corrected chi connectivity index (χ2v) is 7.08. The molecule has 0 radical (unpaired) electrons. The minimum absolute atomic E-state index is 0.200. The van der Waals surface area contributed by atoms with Crippen LogP contribution in [-0.4, -0.2) is 36.5 Å². The Morgan fingerprint density at radius 1 is 1.38 bits per heavy atom. The smallest absolute Gasteiger partial charge is 0.230 e. The first-order valence-electron chi connectivity index (χ1n) is 8.08. The van der Waals surface area contributed by atoms with Gasteiger partial charge in [-0.25, -0.2) is 0 Å². The van der Waals surface area contributed by atoms with Gasteiger partial charge in [0.2, 0.25) is 5.91 Å². The van der Waals surface area contributed by atoms with Crippen LogP contribution in [0.25, 0.3) is 0 Å². The van der Waals surface area contributed by atoms with Crippen molar-refractivity contribution in [3.05, 3.63) is 35.4 Å². The number of hydrogen-bond donors (Lipinski definition) is 1. The summed E-state index contributed by atoms with van der Waals surface area (Å²) in [7, 11) is 0. The molecule has 0 aromatic heterocycles. The Hall–Kier alpha value is -1.35. The molecule has 21 heavy (non-hydrogen) atoms. The van der Waals surface area contributed by atoms with Gasteiger partial charge >= 0.3 is 0 Å². The lowest BCUT2D eigenvalue weighted by molar-refractivity contribution is -0.140. The van der Waals surface area contributed by atoms with Crippen LogP contribution in [0.15, 0.2) is 24.3 Å². The number of aryl methyl sites for hydroxylation is 1. The van der Waals surface area contributed by atoms with Crippen molar-refractivity contribution in [1.29, 1.82) is 0 Å². The zero-order chi connectivity index (χ0) is 15.0. The van der Waals surface area contributed by atoms with Crippen molar-refractivity contribution in [1.82, 2.24) is 10.2 Å². The number of likely N-dealkylation sites (tertiary alicyclic amines) is 1. The average molecular weight is 286 g/mol. The van der Waals surface area contributed by atoms with Crippen LogP contribution < -0.4 is 5.32 Å². The minimum Gasteiger partial charge on any atom is -0.339 e. The Labute approximate surface area is 127 Å². The predicted molar refractivity (Wildman–Crippen MR) is 85.3 cm³/mol. The molecular formula is C18H26N2O. The summed E-state index contributed by atoms with van der Waals surface area (Å²) in [4.78, 5) is 15.1. The summed E-state index contributed by atoms with van der Waals surface area (Å²) < 4.78 is 0. The minimum atomic E-state index is -0.200. The molecule has 3 rings (SSSR count). The highest BCUT2D eigenvalue weighted by atomic mass is 16.2. The summed E-state index contributed by atoms with van der Waals surface area (Å²) in [5.74, 6) is 0.833. The van der Waals surface area contributed by atoms with Crippen LogP contribution in [0.5, 0.6) is 0 Å². The van der Waals surface area contributed by atoms with Crippen molar-refractivity contribution >= 4 is 5.91 Å². The van der Waals surface area contributed by atoms with E-state index in [1.54, 1.807) is 0 Å². The van der Waals surface area contributed by atoms with E-state index in [0.29, 0.717) is 17.9 Å². The quantitative estimate of drug-likeness (QED) is 0.906. The van der Waals surface area contributed by atoms with E-state index in [4.69, 9.17) is 0 Å². The largest absolute Gasteiger partial charge is 0.339 e. The fourth-order valence-electron chi connectivity index (χ4n) is 3.93. The van der Waals surface area contributed by atoms with E-state index in [2.05, 4.69) is 55.3 Å². The van der Waals surface area contributed by atoms with E-state index >= 15 is 0 Å². The Morgan fingerprint density at radius 2 is 2.14 bits per heavy atom. The summed E-state index contributed by atoms with van der Waals surface area (Å²) in [5, 5.41) is 3.34. The predicted octanol–water partition coefficient (Wildman–Crippen LogP) is 2.70. The Balaban J connectivity index is 1.77. The maximum atomic E-state index is 12.9. The Morgan fingerprint density at radius 3 is 2.81 bits per heavy atom. The number of hydrogen-bond acceptors (Lipinski definition) is 2. The van der Waals surface area contributed by atoms with Crippen LogP contribution in [0.1, 0.15) is 43.7 Å². The number of nitrogens with zero attached hydrogens (tertiary/aromatic N) is 1. The van der Waals surface area contributed by atoms with Gasteiger partial charge in [-0.1, -0.05) is 24.3 Å². The highest BCUT2D eigenvalue weighted by Crippen LogP contribution is 2.37. The number of rotatable bonds is 2. The van der Waals surface area contributed by atoms with Crippen LogP contribution >= 0.6 is 0 Å². The van der Waals surface area contributed by atoms with E-state index in [-0.39, 0.29) is 5.41 Å². The van der Waals surface area contributed by atoms with E-state index < -0.39 is 0 Å². The van der Waals surface area contributed by atoms with Crippen LogP contribution in [0.2, 0.25) is 0 Å². The number of amides is 1. The van der Waals surface area contributed by atoms with Gasteiger partial charge in [0.05, 0.1) is 5.41 Å². The zero-order valence-corrected chi connectivity index (χ0v) is 13.4. The monoisotopic (exact) mass is 286 g/mol. The van der Waals surface area contributed by atoms with Gasteiger partial charge in [0, 0.05) is 25.0 Å². The molecule has 114 valence electrons. The van der Waals surface area contributed by atoms with Crippen molar-refractivity contribution < 1.29 is 4.79 Å². The molecule has 2 fully saturated rings. The second-order valence-electron chi connectivity index (χ2n) is 7.08. The summed E-state index contributed by atoms with van der Waals surface area (Å²) in [6.45, 7) is 9.15. The van der Waals surface area contributed by atoms with E-state index in [0.717, 1.165) is 32.5 Å². The summed E-state index contributed by atoms with van der Waals surface area (Å²) in [5.41, 5.74) is 2.56. The average Bonchev–Trinajstić information content (AvgIpc) is 3.06. The lowest BCUT2D eigenvalue weighted by Gasteiger charge is -2.31. The fraction of sp³-hybridized carbons (Fsp3) is 0.611. The highest BCUT2D eigenvalue weighted by Gasteiger charge is 2.43. The number of carbonyl (C=O) groups excluding carboxylic acids is 1. The lowest BCUT2D eigenvalue weighted by Crippen LogP contribution is -2.45. The normalized spacial score (nSPS) is 32.6. The first kappa shape index (κ1) is 14.6. The molecule has 1 aromatic rings. The molecule has 3 atom stereocenters. The van der Waals surface area contributed by atoms with E-state index in [9.17, 15) is 4.79 Å². The molecule has 0 unspecified atom stereocenters. The van der Waals surface area contributed by atoms with Crippen LogP contribution in [0.3, 0.4) is 0 Å². The van der Waals surface area contributed by atoms with Crippen LogP contribution in [-0.2, 0) is 4.79 Å². The second kappa shape index (κ2) is 5.45. The van der Waals surface area contributed by atoms with Gasteiger partial charge in [-0.15, -0.1) is 0 Å². The van der Waals surface area contributed by atoms with Crippen molar-refractivity contribution in [3.63, 3.8) is 0 Å². The first-order chi connectivity index (χ1) is 10.0. The molecule has 0 saturated carbocycles. The molecule has 3 heteroatoms. The number of benzene rings is 1. The fourth-order valence-corrected chi connectivity index (χ4v) is 3.93. The summed E-state index contributed by atoms with van der Waals surface area (Å²) in [6.07, 6.45) is 2.05. The molecule has 0 bridgehead atoms. The number of nitrogens with one attached hydrogen (secondary N) is 1. The van der Waals surface area contributed by atoms with Gasteiger partial charge in [0.1, 0.15) is 0 Å². The topological polar surface area (TPSA) is 32.3 Å². The first-order valence-corrected chi connectivity index (χ1v) is 8.08. The Kier molecular flexibility index (Phi) is 3.78. The van der Waals surface area contributed by atoms with Gasteiger partial charge in [0.15, 0.2) is 0 Å². The third-order valence-electron chi connectivity index (χ3n) is 5.35. The maximum Gasteiger partial charge on any atom is 0.230 e. The number of carbonyl (C=O) groups is 1. The summed E-state index contributed by atoms with van der Waals surface area (Å²) >= 11 is 0. The van der Waals surface area contributed by atoms with Crippen LogP contribution in [0.4, 0.5) is 0 Å². The Bertz CT molecular complexity index is 534. The third kappa shape index (κ3) is 2.59. The standard InChI is InChI=1S/C18H26N2O/c1-13-6-4-5-7-16(13)15-10-14(2)20(11-15)17(21)18(3)8-9-19-12-18/h4-7,14-15,19H,8-12H2,1-3H3/t14-,15-,18-/m1/s1. The molecule has 2 aliphatic heterocycles. The maximum absolute atomic E-state index is 12.9. The molecule has 1 amide bonds. The molecule has 1 N–H and O–H groups in total. The molecule has 0 aliphatic carbocycles. The molecule has 2 aliphatic rings. The van der Waals surface area contributed by atoms with E-state index in [1.165, 1.54) is 11.1 Å². The molecule has 0 spiro atoms. The van der Waals surface area contributed by atoms with Crippen molar-refractivity contribution in [2.75, 3.05) is 19.6 Å². The van der Waals surface area contributed by atoms with Crippen molar-refractivity contribution in [2.45, 2.75) is 45.6 Å². The van der Waals surface area contributed by atoms with E-state index in [1.807, 2.05) is 0 Å². The zero-order valence-electron chi connectivity index (χ0n) is 13.4. The highest BCUT2D eigenvalue weighted by molar-refractivity contribution is 5.83. The molecule has 1 aromatic carbocycles. The van der Waals surface area contributed by atoms with Gasteiger partial charge < -0.3 is 10.2 Å². The molecule has 2 saturated heterocycles. The van der Waals surface area contributed by atoms with Gasteiger partial charge in [-0.2, -0.15) is 0 Å². The molecular weight excluding hydrogens is 260 g/mol. The third-order valence-corrected chi connectivity index (χ3v) is 5.35. The lowest BCUT2D eigenvalue weighted by atomic mass is 9.88. The molecule has 3 nitrogen and oxygen atoms in total. The summed E-state index contributed by atoms with van der Waals surface area (Å²) in [6, 6.07) is 8.94. The van der Waals surface area contributed by atoms with Gasteiger partial charge in [-0.3, -0.25) is 4.79 Å². The van der Waals surface area contributed by atoms with Crippen LogP contribution in [0, 0.1) is 12.3 Å².